The summed E-state index contributed by atoms with van der Waals surface area (Å²) >= 11 is 3.13. The molecule has 0 radical (unpaired) electrons. The van der Waals surface area contributed by atoms with Gasteiger partial charge in [0.1, 0.15) is 24.2 Å². The van der Waals surface area contributed by atoms with E-state index >= 15 is 0 Å². The Morgan fingerprint density at radius 2 is 2.15 bits per heavy atom. The summed E-state index contributed by atoms with van der Waals surface area (Å²) in [6.07, 6.45) is -0.0267. The lowest BCUT2D eigenvalue weighted by Crippen LogP contribution is -2.41. The van der Waals surface area contributed by atoms with Gasteiger partial charge in [0.15, 0.2) is 11.5 Å². The van der Waals surface area contributed by atoms with Crippen LogP contribution in [0.15, 0.2) is 24.3 Å². The number of hydrogen-bond acceptors (Lipinski definition) is 7. The molecular formula is C17H23NO6S2. The lowest BCUT2D eigenvalue weighted by molar-refractivity contribution is -0.140. The predicted molar refractivity (Wildman–Crippen MR) is 102 cm³/mol. The van der Waals surface area contributed by atoms with Crippen molar-refractivity contribution in [2.45, 2.75) is 24.5 Å². The highest BCUT2D eigenvalue weighted by Crippen LogP contribution is 2.30. The molecule has 144 valence electrons. The Labute approximate surface area is 161 Å². The van der Waals surface area contributed by atoms with Crippen molar-refractivity contribution in [1.29, 1.82) is 0 Å². The zero-order valence-corrected chi connectivity index (χ0v) is 16.3. The summed E-state index contributed by atoms with van der Waals surface area (Å²) in [6.45, 7) is 1.74. The number of amides is 1. The van der Waals surface area contributed by atoms with E-state index in [9.17, 15) is 9.59 Å². The molecular weight excluding hydrogens is 378 g/mol. The van der Waals surface area contributed by atoms with Crippen molar-refractivity contribution in [3.8, 4) is 11.5 Å². The van der Waals surface area contributed by atoms with E-state index in [1.54, 1.807) is 18.9 Å². The molecule has 2 N–H and O–H groups in total. The van der Waals surface area contributed by atoms with Gasteiger partial charge in [-0.25, -0.2) is 4.79 Å². The molecule has 0 bridgehead atoms. The van der Waals surface area contributed by atoms with Gasteiger partial charge in [0.05, 0.1) is 7.11 Å². The molecule has 0 aliphatic carbocycles. The molecule has 1 aromatic carbocycles. The van der Waals surface area contributed by atoms with Gasteiger partial charge >= 0.3 is 5.97 Å². The molecule has 26 heavy (non-hydrogen) atoms. The minimum atomic E-state index is -1.03. The average molecular weight is 402 g/mol. The summed E-state index contributed by atoms with van der Waals surface area (Å²) in [5.41, 5.74) is -0.0157. The molecule has 2 rings (SSSR count). The van der Waals surface area contributed by atoms with E-state index in [1.165, 1.54) is 18.7 Å². The number of carboxylic acid groups (broad SMARTS) is 1. The molecule has 9 heteroatoms. The maximum absolute atomic E-state index is 11.1. The number of hydrogen-bond donors (Lipinski definition) is 2. The van der Waals surface area contributed by atoms with Gasteiger partial charge in [0, 0.05) is 24.2 Å². The van der Waals surface area contributed by atoms with Gasteiger partial charge in [0.2, 0.25) is 5.91 Å². The van der Waals surface area contributed by atoms with Crippen molar-refractivity contribution >= 4 is 35.4 Å². The first kappa shape index (κ1) is 20.7. The van der Waals surface area contributed by atoms with Crippen LogP contribution in [-0.4, -0.2) is 65.5 Å². The van der Waals surface area contributed by atoms with Crippen LogP contribution in [0, 0.1) is 0 Å². The van der Waals surface area contributed by atoms with Crippen molar-refractivity contribution in [2.75, 3.05) is 31.0 Å². The van der Waals surface area contributed by atoms with E-state index < -0.39 is 12.0 Å². The van der Waals surface area contributed by atoms with Crippen molar-refractivity contribution in [2.24, 2.45) is 0 Å². The number of carboxylic acids is 1. The van der Waals surface area contributed by atoms with E-state index in [0.717, 1.165) is 5.75 Å². The number of carbonyl (C=O) groups is 2. The number of aliphatic carboxylic acids is 1. The summed E-state index contributed by atoms with van der Waals surface area (Å²) in [5.74, 6) is 1.75. The number of ether oxygens (including phenoxy) is 3. The van der Waals surface area contributed by atoms with Gasteiger partial charge in [-0.1, -0.05) is 12.1 Å². The molecule has 3 atom stereocenters. The minimum Gasteiger partial charge on any atom is -0.493 e. The smallest absolute Gasteiger partial charge is 0.327 e. The second-order valence-electron chi connectivity index (χ2n) is 5.61. The summed E-state index contributed by atoms with van der Waals surface area (Å²) in [7, 11) is 1.60. The van der Waals surface area contributed by atoms with Crippen LogP contribution in [0.5, 0.6) is 11.5 Å². The van der Waals surface area contributed by atoms with Gasteiger partial charge < -0.3 is 24.6 Å². The standard InChI is InChI=1S/C17H23NO6S2/c1-11(19)18-13(17(20)21)9-25-10-16-24-12(8-26-16)7-23-15-6-4-3-5-14(15)22-2/h3-6,12-13,16H,7-10H2,1-2H3,(H,18,19)(H,20,21). The number of nitrogens with one attached hydrogen (secondary N) is 1. The van der Waals surface area contributed by atoms with Gasteiger partial charge in [-0.2, -0.15) is 11.8 Å². The highest BCUT2D eigenvalue weighted by atomic mass is 32.2. The maximum atomic E-state index is 11.1. The minimum absolute atomic E-state index is 0.0157. The Balaban J connectivity index is 1.70. The Bertz CT molecular complexity index is 615. The van der Waals surface area contributed by atoms with Crippen LogP contribution in [0.1, 0.15) is 6.92 Å². The molecule has 7 nitrogen and oxygen atoms in total. The Kier molecular flexibility index (Phi) is 8.40. The van der Waals surface area contributed by atoms with E-state index in [4.69, 9.17) is 19.3 Å². The van der Waals surface area contributed by atoms with Crippen molar-refractivity contribution < 1.29 is 28.9 Å². The van der Waals surface area contributed by atoms with E-state index in [2.05, 4.69) is 5.32 Å². The van der Waals surface area contributed by atoms with Crippen LogP contribution in [0.2, 0.25) is 0 Å². The summed E-state index contributed by atoms with van der Waals surface area (Å²) < 4.78 is 17.0. The van der Waals surface area contributed by atoms with E-state index in [-0.39, 0.29) is 17.4 Å². The topological polar surface area (TPSA) is 94.1 Å². The van der Waals surface area contributed by atoms with Crippen LogP contribution in [-0.2, 0) is 14.3 Å². The first-order valence-electron chi connectivity index (χ1n) is 8.10. The molecule has 1 saturated heterocycles. The van der Waals surface area contributed by atoms with E-state index in [1.807, 2.05) is 24.3 Å². The van der Waals surface area contributed by atoms with Crippen LogP contribution in [0.4, 0.5) is 0 Å². The molecule has 0 aromatic heterocycles. The number of thioether (sulfide) groups is 2. The van der Waals surface area contributed by atoms with Gasteiger partial charge in [-0.15, -0.1) is 11.8 Å². The molecule has 3 unspecified atom stereocenters. The number of rotatable bonds is 10. The lowest BCUT2D eigenvalue weighted by atomic mass is 10.3. The molecule has 1 aliphatic rings. The molecule has 1 amide bonds. The number of methoxy groups -OCH3 is 1. The predicted octanol–water partition coefficient (Wildman–Crippen LogP) is 1.85. The first-order chi connectivity index (χ1) is 12.5. The quantitative estimate of drug-likeness (QED) is 0.614. The largest absolute Gasteiger partial charge is 0.493 e. The molecule has 1 aromatic rings. The fourth-order valence-electron chi connectivity index (χ4n) is 2.31. The van der Waals surface area contributed by atoms with Crippen LogP contribution >= 0.6 is 23.5 Å². The summed E-state index contributed by atoms with van der Waals surface area (Å²) in [6, 6.07) is 6.57. The second-order valence-corrected chi connectivity index (χ2v) is 7.88. The normalized spacial score (nSPS) is 20.4. The highest BCUT2D eigenvalue weighted by Gasteiger charge is 2.27. The highest BCUT2D eigenvalue weighted by molar-refractivity contribution is 8.03. The Morgan fingerprint density at radius 1 is 1.42 bits per heavy atom. The average Bonchev–Trinajstić information content (AvgIpc) is 3.06. The molecule has 1 aliphatic heterocycles. The van der Waals surface area contributed by atoms with Crippen molar-refractivity contribution in [3.05, 3.63) is 24.3 Å². The second kappa shape index (κ2) is 10.5. The SMILES string of the molecule is COc1ccccc1OCC1CSC(CSCC(NC(C)=O)C(=O)O)O1. The summed E-state index contributed by atoms with van der Waals surface area (Å²) in [4.78, 5) is 22.1. The van der Waals surface area contributed by atoms with Gasteiger partial charge in [0.25, 0.3) is 0 Å². The third-order valence-electron chi connectivity index (χ3n) is 3.52. The summed E-state index contributed by atoms with van der Waals surface area (Å²) in [5, 5.41) is 11.5. The van der Waals surface area contributed by atoms with Crippen molar-refractivity contribution in [3.63, 3.8) is 0 Å². The van der Waals surface area contributed by atoms with Crippen LogP contribution in [0.25, 0.3) is 0 Å². The molecule has 0 spiro atoms. The van der Waals surface area contributed by atoms with Crippen LogP contribution < -0.4 is 14.8 Å². The monoisotopic (exact) mass is 401 g/mol. The number of benzene rings is 1. The van der Waals surface area contributed by atoms with Crippen LogP contribution in [0.3, 0.4) is 0 Å². The fraction of sp³-hybridized carbons (Fsp3) is 0.529. The zero-order chi connectivity index (χ0) is 18.9. The third-order valence-corrected chi connectivity index (χ3v) is 6.05. The first-order valence-corrected chi connectivity index (χ1v) is 10.3. The maximum Gasteiger partial charge on any atom is 0.327 e. The molecule has 1 heterocycles. The van der Waals surface area contributed by atoms with Gasteiger partial charge in [-0.3, -0.25) is 4.79 Å². The van der Waals surface area contributed by atoms with Gasteiger partial charge in [-0.05, 0) is 12.1 Å². The number of para-hydroxylation sites is 2. The molecule has 1 fully saturated rings. The van der Waals surface area contributed by atoms with Crippen molar-refractivity contribution in [1.82, 2.24) is 5.32 Å². The fourth-order valence-corrected chi connectivity index (χ4v) is 4.69. The van der Waals surface area contributed by atoms with E-state index in [0.29, 0.717) is 29.6 Å². The Morgan fingerprint density at radius 3 is 2.81 bits per heavy atom. The lowest BCUT2D eigenvalue weighted by Gasteiger charge is -2.16. The Hall–Kier alpha value is -1.58. The number of carbonyl (C=O) groups excluding carboxylic acids is 1. The molecule has 0 saturated carbocycles. The third kappa shape index (κ3) is 6.62. The zero-order valence-electron chi connectivity index (χ0n) is 14.7.